The molecule has 7 heteroatoms. The molecule has 1 heterocycles. The van der Waals surface area contributed by atoms with Crippen molar-refractivity contribution in [2.45, 2.75) is 25.0 Å². The van der Waals surface area contributed by atoms with Crippen LogP contribution in [0.15, 0.2) is 18.2 Å². The lowest BCUT2D eigenvalue weighted by atomic mass is 9.97. The normalized spacial score (nSPS) is 16.4. The van der Waals surface area contributed by atoms with Gasteiger partial charge < -0.3 is 25.6 Å². The highest BCUT2D eigenvalue weighted by Crippen LogP contribution is 2.31. The first-order chi connectivity index (χ1) is 10.0. The highest BCUT2D eigenvalue weighted by atomic mass is 16.5. The standard InChI is InChI=1S/C14H18N2O5/c1-15-9(3-5-13(18)19)14(20)8-2-4-11-10(6-8)16-12(17)7-21-11/h2,4,6,9,14-15,20H,3,5,7H2,1H3,(H,16,17)(H,18,19). The molecule has 0 fully saturated rings. The number of ether oxygens (including phenoxy) is 1. The zero-order chi connectivity index (χ0) is 15.4. The second-order valence-corrected chi connectivity index (χ2v) is 4.86. The van der Waals surface area contributed by atoms with Gasteiger partial charge in [-0.3, -0.25) is 9.59 Å². The summed E-state index contributed by atoms with van der Waals surface area (Å²) in [6.45, 7) is -0.0212. The van der Waals surface area contributed by atoms with Crippen molar-refractivity contribution in [3.8, 4) is 5.75 Å². The summed E-state index contributed by atoms with van der Waals surface area (Å²) in [6, 6.07) is 4.63. The number of hydrogen-bond acceptors (Lipinski definition) is 5. The molecule has 1 aromatic carbocycles. The Kier molecular flexibility index (Phi) is 4.77. The number of amides is 1. The summed E-state index contributed by atoms with van der Waals surface area (Å²) in [5.41, 5.74) is 1.10. The Labute approximate surface area is 121 Å². The second-order valence-electron chi connectivity index (χ2n) is 4.86. The van der Waals surface area contributed by atoms with E-state index in [1.54, 1.807) is 25.2 Å². The van der Waals surface area contributed by atoms with E-state index in [0.717, 1.165) is 0 Å². The highest BCUT2D eigenvalue weighted by molar-refractivity contribution is 5.95. The van der Waals surface area contributed by atoms with Gasteiger partial charge in [0.05, 0.1) is 11.8 Å². The predicted octanol–water partition coefficient (Wildman–Crippen LogP) is 0.504. The van der Waals surface area contributed by atoms with Crippen LogP contribution in [-0.2, 0) is 9.59 Å². The monoisotopic (exact) mass is 294 g/mol. The average molecular weight is 294 g/mol. The van der Waals surface area contributed by atoms with E-state index in [9.17, 15) is 14.7 Å². The molecule has 0 saturated carbocycles. The number of aliphatic hydroxyl groups is 1. The summed E-state index contributed by atoms with van der Waals surface area (Å²) in [4.78, 5) is 21.9. The number of rotatable bonds is 6. The Bertz CT molecular complexity index is 546. The Hall–Kier alpha value is -2.12. The first-order valence-electron chi connectivity index (χ1n) is 6.65. The van der Waals surface area contributed by atoms with Crippen molar-refractivity contribution in [3.63, 3.8) is 0 Å². The van der Waals surface area contributed by atoms with E-state index in [1.165, 1.54) is 0 Å². The summed E-state index contributed by atoms with van der Waals surface area (Å²) in [5, 5.41) is 24.7. The molecule has 1 aliphatic rings. The van der Waals surface area contributed by atoms with Crippen molar-refractivity contribution in [1.29, 1.82) is 0 Å². The van der Waals surface area contributed by atoms with Crippen LogP contribution >= 0.6 is 0 Å². The molecule has 0 aliphatic carbocycles. The molecule has 2 unspecified atom stereocenters. The van der Waals surface area contributed by atoms with Gasteiger partial charge in [0.1, 0.15) is 5.75 Å². The maximum atomic E-state index is 11.3. The van der Waals surface area contributed by atoms with Gasteiger partial charge in [0.2, 0.25) is 0 Å². The molecule has 0 spiro atoms. The van der Waals surface area contributed by atoms with E-state index in [1.807, 2.05) is 0 Å². The number of anilines is 1. The first-order valence-corrected chi connectivity index (χ1v) is 6.65. The van der Waals surface area contributed by atoms with Crippen LogP contribution in [0.2, 0.25) is 0 Å². The van der Waals surface area contributed by atoms with E-state index in [-0.39, 0.29) is 25.0 Å². The maximum Gasteiger partial charge on any atom is 0.303 e. The van der Waals surface area contributed by atoms with E-state index in [2.05, 4.69) is 10.6 Å². The summed E-state index contributed by atoms with van der Waals surface area (Å²) in [5.74, 6) is -0.601. The average Bonchev–Trinajstić information content (AvgIpc) is 2.46. The highest BCUT2D eigenvalue weighted by Gasteiger charge is 2.23. The molecule has 0 saturated heterocycles. The first kappa shape index (κ1) is 15.3. The number of nitrogens with one attached hydrogen (secondary N) is 2. The fourth-order valence-corrected chi connectivity index (χ4v) is 2.26. The Morgan fingerprint density at radius 1 is 1.52 bits per heavy atom. The molecule has 1 aliphatic heterocycles. The van der Waals surface area contributed by atoms with Crippen LogP contribution in [0, 0.1) is 0 Å². The third-order valence-corrected chi connectivity index (χ3v) is 3.40. The summed E-state index contributed by atoms with van der Waals surface area (Å²) in [7, 11) is 1.67. The number of aliphatic hydroxyl groups excluding tert-OH is 1. The predicted molar refractivity (Wildman–Crippen MR) is 75.2 cm³/mol. The van der Waals surface area contributed by atoms with Crippen LogP contribution in [0.4, 0.5) is 5.69 Å². The van der Waals surface area contributed by atoms with E-state index >= 15 is 0 Å². The van der Waals surface area contributed by atoms with Crippen molar-refractivity contribution in [2.75, 3.05) is 19.0 Å². The molecule has 7 nitrogen and oxygen atoms in total. The van der Waals surface area contributed by atoms with Gasteiger partial charge in [0.25, 0.3) is 5.91 Å². The van der Waals surface area contributed by atoms with Gasteiger partial charge in [-0.05, 0) is 31.2 Å². The maximum absolute atomic E-state index is 11.3. The molecule has 0 aromatic heterocycles. The lowest BCUT2D eigenvalue weighted by Crippen LogP contribution is -2.33. The van der Waals surface area contributed by atoms with Gasteiger partial charge in [-0.15, -0.1) is 0 Å². The molecule has 1 amide bonds. The smallest absolute Gasteiger partial charge is 0.303 e. The molecule has 1 aromatic rings. The molecule has 114 valence electrons. The molecule has 21 heavy (non-hydrogen) atoms. The number of carboxylic acid groups (broad SMARTS) is 1. The summed E-state index contributed by atoms with van der Waals surface area (Å²) < 4.78 is 5.25. The fraction of sp³-hybridized carbons (Fsp3) is 0.429. The van der Waals surface area contributed by atoms with Crippen molar-refractivity contribution in [1.82, 2.24) is 5.32 Å². The second kappa shape index (κ2) is 6.55. The molecular weight excluding hydrogens is 276 g/mol. The minimum absolute atomic E-state index is 0.0212. The third-order valence-electron chi connectivity index (χ3n) is 3.40. The molecular formula is C14H18N2O5. The van der Waals surface area contributed by atoms with Gasteiger partial charge in [-0.25, -0.2) is 0 Å². The quantitative estimate of drug-likeness (QED) is 0.608. The number of likely N-dealkylation sites (N-methyl/N-ethyl adjacent to an activating group) is 1. The molecule has 0 bridgehead atoms. The topological polar surface area (TPSA) is 108 Å². The van der Waals surface area contributed by atoms with Crippen LogP contribution in [-0.4, -0.2) is 41.8 Å². The SMILES string of the molecule is CNC(CCC(=O)O)C(O)c1ccc2c(c1)NC(=O)CO2. The molecule has 2 rings (SSSR count). The Morgan fingerprint density at radius 3 is 2.95 bits per heavy atom. The van der Waals surface area contributed by atoms with Gasteiger partial charge >= 0.3 is 5.97 Å². The number of carboxylic acids is 1. The van der Waals surface area contributed by atoms with Crippen LogP contribution < -0.4 is 15.4 Å². The van der Waals surface area contributed by atoms with Crippen molar-refractivity contribution >= 4 is 17.6 Å². The number of carbonyl (C=O) groups is 2. The van der Waals surface area contributed by atoms with Gasteiger partial charge in [-0.1, -0.05) is 6.07 Å². The Balaban J connectivity index is 2.14. The summed E-state index contributed by atoms with van der Waals surface area (Å²) in [6.07, 6.45) is -0.612. The zero-order valence-electron chi connectivity index (χ0n) is 11.6. The minimum atomic E-state index is -0.909. The number of carbonyl (C=O) groups excluding carboxylic acids is 1. The molecule has 4 N–H and O–H groups in total. The Morgan fingerprint density at radius 2 is 2.29 bits per heavy atom. The van der Waals surface area contributed by atoms with E-state index < -0.39 is 12.1 Å². The number of benzene rings is 1. The van der Waals surface area contributed by atoms with E-state index in [0.29, 0.717) is 23.4 Å². The van der Waals surface area contributed by atoms with Gasteiger partial charge in [-0.2, -0.15) is 0 Å². The lowest BCUT2D eigenvalue weighted by Gasteiger charge is -2.24. The zero-order valence-corrected chi connectivity index (χ0v) is 11.6. The largest absolute Gasteiger partial charge is 0.482 e. The lowest BCUT2D eigenvalue weighted by molar-refractivity contribution is -0.137. The summed E-state index contributed by atoms with van der Waals surface area (Å²) >= 11 is 0. The van der Waals surface area contributed by atoms with Crippen LogP contribution in [0.5, 0.6) is 5.75 Å². The van der Waals surface area contributed by atoms with Gasteiger partial charge in [0, 0.05) is 12.5 Å². The van der Waals surface area contributed by atoms with Crippen molar-refractivity contribution in [2.24, 2.45) is 0 Å². The van der Waals surface area contributed by atoms with Crippen LogP contribution in [0.3, 0.4) is 0 Å². The minimum Gasteiger partial charge on any atom is -0.482 e. The number of hydrogen-bond donors (Lipinski definition) is 4. The molecule has 0 radical (unpaired) electrons. The van der Waals surface area contributed by atoms with Gasteiger partial charge in [0.15, 0.2) is 6.61 Å². The third kappa shape index (κ3) is 3.71. The van der Waals surface area contributed by atoms with Crippen molar-refractivity contribution < 1.29 is 24.5 Å². The number of aliphatic carboxylic acids is 1. The van der Waals surface area contributed by atoms with Crippen molar-refractivity contribution in [3.05, 3.63) is 23.8 Å². The molecule has 2 atom stereocenters. The van der Waals surface area contributed by atoms with E-state index in [4.69, 9.17) is 9.84 Å². The fourth-order valence-electron chi connectivity index (χ4n) is 2.26. The van der Waals surface area contributed by atoms with Crippen LogP contribution in [0.1, 0.15) is 24.5 Å². The number of fused-ring (bicyclic) bond motifs is 1. The van der Waals surface area contributed by atoms with Crippen LogP contribution in [0.25, 0.3) is 0 Å².